The molecule has 0 aliphatic heterocycles. The Bertz CT molecular complexity index is 2100. The van der Waals surface area contributed by atoms with Crippen molar-refractivity contribution in [2.45, 2.75) is 13.3 Å². The number of hydrogen-bond donors (Lipinski definition) is 0. The molecule has 0 fully saturated rings. The molecule has 0 spiro atoms. The Morgan fingerprint density at radius 3 is 1.89 bits per heavy atom. The summed E-state index contributed by atoms with van der Waals surface area (Å²) in [4.78, 5) is 0. The zero-order valence-electron chi connectivity index (χ0n) is 20.5. The van der Waals surface area contributed by atoms with Crippen molar-refractivity contribution in [2.75, 3.05) is 0 Å². The number of allylic oxidation sites excluding steroid dienone is 4. The molecule has 172 valence electrons. The molecule has 0 amide bonds. The van der Waals surface area contributed by atoms with Crippen molar-refractivity contribution >= 4 is 70.9 Å². The summed E-state index contributed by atoms with van der Waals surface area (Å²) < 4.78 is 4.77. The van der Waals surface area contributed by atoms with E-state index >= 15 is 0 Å². The summed E-state index contributed by atoms with van der Waals surface area (Å²) in [5.74, 6) is 0.550. The Hall–Kier alpha value is -4.30. The maximum atomic E-state index is 2.45. The molecule has 0 saturated carbocycles. The van der Waals surface area contributed by atoms with Gasteiger partial charge in [0.15, 0.2) is 0 Å². The smallest absolute Gasteiger partial charge is 0.0547 e. The van der Waals surface area contributed by atoms with E-state index in [9.17, 15) is 0 Å². The fourth-order valence-electron chi connectivity index (χ4n) is 6.59. The summed E-state index contributed by atoms with van der Waals surface area (Å²) in [6, 6.07) is 31.6. The highest BCUT2D eigenvalue weighted by molar-refractivity contribution is 6.30. The molecular formula is C34H26N2. The first-order chi connectivity index (χ1) is 17.7. The van der Waals surface area contributed by atoms with Crippen LogP contribution < -0.4 is 0 Å². The van der Waals surface area contributed by atoms with Crippen LogP contribution in [0.3, 0.4) is 0 Å². The lowest BCUT2D eigenvalue weighted by Crippen LogP contribution is -2.01. The number of aryl methyl sites for hydroxylation is 1. The van der Waals surface area contributed by atoms with Crippen molar-refractivity contribution in [3.8, 4) is 0 Å². The van der Waals surface area contributed by atoms with Crippen molar-refractivity contribution in [2.24, 2.45) is 13.0 Å². The number of nitrogens with zero attached hydrogens (tertiary/aromatic N) is 2. The first-order valence-electron chi connectivity index (χ1n) is 12.8. The number of hydrogen-bond acceptors (Lipinski definition) is 0. The monoisotopic (exact) mass is 462 g/mol. The third-order valence-corrected chi connectivity index (χ3v) is 8.22. The molecule has 5 aromatic carbocycles. The lowest BCUT2D eigenvalue weighted by atomic mass is 9.95. The van der Waals surface area contributed by atoms with Gasteiger partial charge in [0.2, 0.25) is 0 Å². The van der Waals surface area contributed by atoms with E-state index in [1.807, 2.05) is 0 Å². The minimum atomic E-state index is 0.550. The standard InChI is InChI=1S/C34H26N2/c1-21-8-7-9-22(20-21)36-30-13-6-4-11-28(30)34-26-15-14-25-23(24(26)17-19-32(34)36)16-18-31-33(25)27-10-3-5-12-29(27)35(31)2/h3-7,9-21H,8H2,1-2H3. The van der Waals surface area contributed by atoms with Crippen LogP contribution in [0.15, 0.2) is 103 Å². The van der Waals surface area contributed by atoms with Crippen LogP contribution in [0.5, 0.6) is 0 Å². The SMILES string of the molecule is CC1C=C(n2c3ccccc3c3c4ccc5c(ccc6c5c5ccccc5n6C)c4ccc32)C=CC1. The molecule has 1 atom stereocenters. The van der Waals surface area contributed by atoms with E-state index in [0.717, 1.165) is 6.42 Å². The second-order valence-electron chi connectivity index (χ2n) is 10.3. The summed E-state index contributed by atoms with van der Waals surface area (Å²) in [7, 11) is 2.17. The van der Waals surface area contributed by atoms with Crippen LogP contribution in [0.2, 0.25) is 0 Å². The number of fused-ring (bicyclic) bond motifs is 11. The van der Waals surface area contributed by atoms with Crippen molar-refractivity contribution in [1.29, 1.82) is 0 Å². The molecule has 0 saturated heterocycles. The second kappa shape index (κ2) is 7.11. The zero-order chi connectivity index (χ0) is 24.0. The third kappa shape index (κ3) is 2.51. The average Bonchev–Trinajstić information content (AvgIpc) is 3.41. The van der Waals surface area contributed by atoms with Crippen molar-refractivity contribution in [3.05, 3.63) is 103 Å². The average molecular weight is 463 g/mol. The molecule has 2 heteroatoms. The van der Waals surface area contributed by atoms with Gasteiger partial charge in [0.05, 0.1) is 11.0 Å². The predicted octanol–water partition coefficient (Wildman–Crippen LogP) is 9.18. The summed E-state index contributed by atoms with van der Waals surface area (Å²) in [5.41, 5.74) is 6.39. The van der Waals surface area contributed by atoms with Gasteiger partial charge in [-0.25, -0.2) is 0 Å². The molecular weight excluding hydrogens is 436 g/mol. The Morgan fingerprint density at radius 1 is 0.583 bits per heavy atom. The van der Waals surface area contributed by atoms with Gasteiger partial charge in [0, 0.05) is 45.3 Å². The highest BCUT2D eigenvalue weighted by atomic mass is 15.0. The maximum Gasteiger partial charge on any atom is 0.0547 e. The van der Waals surface area contributed by atoms with E-state index in [-0.39, 0.29) is 0 Å². The first-order valence-corrected chi connectivity index (χ1v) is 12.8. The van der Waals surface area contributed by atoms with Crippen LogP contribution in [0, 0.1) is 5.92 Å². The van der Waals surface area contributed by atoms with Gasteiger partial charge in [-0.15, -0.1) is 0 Å². The highest BCUT2D eigenvalue weighted by Gasteiger charge is 2.18. The summed E-state index contributed by atoms with van der Waals surface area (Å²) in [5, 5.41) is 10.6. The molecule has 0 radical (unpaired) electrons. The second-order valence-corrected chi connectivity index (χ2v) is 10.3. The van der Waals surface area contributed by atoms with E-state index in [1.54, 1.807) is 0 Å². The molecule has 1 aliphatic carbocycles. The van der Waals surface area contributed by atoms with Crippen molar-refractivity contribution in [1.82, 2.24) is 9.13 Å². The Labute approximate surface area is 209 Å². The van der Waals surface area contributed by atoms with Gasteiger partial charge < -0.3 is 9.13 Å². The number of aromatic nitrogens is 2. The lowest BCUT2D eigenvalue weighted by molar-refractivity contribution is 0.735. The molecule has 36 heavy (non-hydrogen) atoms. The maximum absolute atomic E-state index is 2.45. The minimum Gasteiger partial charge on any atom is -0.344 e. The molecule has 2 aromatic heterocycles. The number of para-hydroxylation sites is 2. The molecule has 0 bridgehead atoms. The van der Waals surface area contributed by atoms with Gasteiger partial charge >= 0.3 is 0 Å². The molecule has 1 unspecified atom stereocenters. The summed E-state index contributed by atoms with van der Waals surface area (Å²) in [6.45, 7) is 2.30. The van der Waals surface area contributed by atoms with Crippen LogP contribution in [0.4, 0.5) is 0 Å². The minimum absolute atomic E-state index is 0.550. The van der Waals surface area contributed by atoms with Crippen molar-refractivity contribution in [3.63, 3.8) is 0 Å². The normalized spacial score (nSPS) is 16.3. The fraction of sp³-hybridized carbons (Fsp3) is 0.118. The van der Waals surface area contributed by atoms with Crippen LogP contribution in [-0.2, 0) is 7.05 Å². The van der Waals surface area contributed by atoms with Crippen LogP contribution in [0.25, 0.3) is 70.9 Å². The third-order valence-electron chi connectivity index (χ3n) is 8.22. The number of benzene rings is 5. The topological polar surface area (TPSA) is 9.86 Å². The van der Waals surface area contributed by atoms with Gasteiger partial charge in [0.25, 0.3) is 0 Å². The lowest BCUT2D eigenvalue weighted by Gasteiger charge is -2.16. The van der Waals surface area contributed by atoms with Gasteiger partial charge in [-0.05, 0) is 64.2 Å². The summed E-state index contributed by atoms with van der Waals surface area (Å²) in [6.07, 6.45) is 8.12. The van der Waals surface area contributed by atoms with Crippen molar-refractivity contribution < 1.29 is 0 Å². The quantitative estimate of drug-likeness (QED) is 0.215. The van der Waals surface area contributed by atoms with E-state index in [1.165, 1.54) is 70.9 Å². The van der Waals surface area contributed by atoms with Crippen LogP contribution in [-0.4, -0.2) is 9.13 Å². The molecule has 2 nitrogen and oxygen atoms in total. The van der Waals surface area contributed by atoms with E-state index in [4.69, 9.17) is 0 Å². The largest absolute Gasteiger partial charge is 0.344 e. The van der Waals surface area contributed by atoms with Gasteiger partial charge in [-0.1, -0.05) is 79.7 Å². The Balaban J connectivity index is 1.53. The van der Waals surface area contributed by atoms with Gasteiger partial charge in [-0.3, -0.25) is 0 Å². The predicted molar refractivity (Wildman–Crippen MR) is 156 cm³/mol. The van der Waals surface area contributed by atoms with E-state index in [2.05, 4.69) is 126 Å². The number of rotatable bonds is 1. The first kappa shape index (κ1) is 19.9. The van der Waals surface area contributed by atoms with Crippen LogP contribution in [0.1, 0.15) is 13.3 Å². The molecule has 0 N–H and O–H groups in total. The van der Waals surface area contributed by atoms with Gasteiger partial charge in [0.1, 0.15) is 0 Å². The van der Waals surface area contributed by atoms with Crippen LogP contribution >= 0.6 is 0 Å². The summed E-state index contributed by atoms with van der Waals surface area (Å²) >= 11 is 0. The fourth-order valence-corrected chi connectivity index (χ4v) is 6.59. The molecule has 2 heterocycles. The molecule has 7 aromatic rings. The highest BCUT2D eigenvalue weighted by Crippen LogP contribution is 2.42. The molecule has 8 rings (SSSR count). The Kier molecular flexibility index (Phi) is 3.94. The van der Waals surface area contributed by atoms with Gasteiger partial charge in [-0.2, -0.15) is 0 Å². The zero-order valence-corrected chi connectivity index (χ0v) is 20.5. The molecule has 1 aliphatic rings. The van der Waals surface area contributed by atoms with E-state index in [0.29, 0.717) is 5.92 Å². The van der Waals surface area contributed by atoms with E-state index < -0.39 is 0 Å². The Morgan fingerprint density at radius 2 is 1.17 bits per heavy atom.